The van der Waals surface area contributed by atoms with Gasteiger partial charge in [-0.15, -0.1) is 0 Å². The third kappa shape index (κ3) is 5.08. The van der Waals surface area contributed by atoms with Crippen molar-refractivity contribution in [2.24, 2.45) is 0 Å². The number of carbonyl (C=O) groups is 1. The van der Waals surface area contributed by atoms with Crippen molar-refractivity contribution < 1.29 is 4.79 Å². The van der Waals surface area contributed by atoms with Gasteiger partial charge in [-0.05, 0) is 35.4 Å². The standard InChI is InChI=1S/C19H16N4O/c20-10-2-12-23(15-18-3-1-11-22-14-18)19(24)9-8-16-4-6-17(13-21)7-5-16/h1,3-9,11,14H,2,12,15H2. The molecule has 0 atom stereocenters. The fourth-order valence-corrected chi connectivity index (χ4v) is 2.11. The van der Waals surface area contributed by atoms with E-state index in [2.05, 4.69) is 17.1 Å². The molecule has 0 spiro atoms. The van der Waals surface area contributed by atoms with Crippen LogP contribution in [0, 0.1) is 22.7 Å². The molecule has 1 amide bonds. The lowest BCUT2D eigenvalue weighted by atomic mass is 10.1. The van der Waals surface area contributed by atoms with Crippen molar-refractivity contribution in [2.45, 2.75) is 13.0 Å². The number of carbonyl (C=O) groups excluding carboxylic acids is 1. The Balaban J connectivity index is 2.07. The van der Waals surface area contributed by atoms with Crippen molar-refractivity contribution in [3.8, 4) is 12.1 Å². The van der Waals surface area contributed by atoms with Crippen LogP contribution in [0.4, 0.5) is 0 Å². The zero-order valence-corrected chi connectivity index (χ0v) is 13.1. The minimum atomic E-state index is -0.168. The summed E-state index contributed by atoms with van der Waals surface area (Å²) in [5.41, 5.74) is 2.32. The normalized spacial score (nSPS) is 10.1. The molecule has 1 aromatic carbocycles. The van der Waals surface area contributed by atoms with Crippen molar-refractivity contribution >= 4 is 12.0 Å². The summed E-state index contributed by atoms with van der Waals surface area (Å²) in [4.78, 5) is 18.1. The second kappa shape index (κ2) is 8.87. The predicted octanol–water partition coefficient (Wildman–Crippen LogP) is 2.91. The maximum atomic E-state index is 12.4. The van der Waals surface area contributed by atoms with Gasteiger partial charge in [0.05, 0.1) is 24.1 Å². The van der Waals surface area contributed by atoms with Gasteiger partial charge in [0, 0.05) is 31.6 Å². The average molecular weight is 316 g/mol. The molecule has 0 unspecified atom stereocenters. The molecular weight excluding hydrogens is 300 g/mol. The first-order chi connectivity index (χ1) is 11.7. The van der Waals surface area contributed by atoms with Crippen molar-refractivity contribution in [3.05, 3.63) is 71.6 Å². The van der Waals surface area contributed by atoms with Crippen LogP contribution < -0.4 is 0 Å². The second-order valence-electron chi connectivity index (χ2n) is 5.10. The SMILES string of the molecule is N#CCCN(Cc1cccnc1)C(=O)C=Cc1ccc(C#N)cc1. The van der Waals surface area contributed by atoms with E-state index in [-0.39, 0.29) is 12.3 Å². The Kier molecular flexibility index (Phi) is 6.25. The van der Waals surface area contributed by atoms with E-state index in [9.17, 15) is 4.79 Å². The second-order valence-corrected chi connectivity index (χ2v) is 5.10. The molecule has 24 heavy (non-hydrogen) atoms. The molecule has 1 aromatic heterocycles. The highest BCUT2D eigenvalue weighted by Gasteiger charge is 2.11. The number of hydrogen-bond acceptors (Lipinski definition) is 4. The van der Waals surface area contributed by atoms with Gasteiger partial charge in [0.25, 0.3) is 0 Å². The zero-order valence-electron chi connectivity index (χ0n) is 13.1. The number of pyridine rings is 1. The van der Waals surface area contributed by atoms with Gasteiger partial charge in [0.2, 0.25) is 5.91 Å². The van der Waals surface area contributed by atoms with Crippen LogP contribution in [-0.4, -0.2) is 22.3 Å². The average Bonchev–Trinajstić information content (AvgIpc) is 2.64. The van der Waals surface area contributed by atoms with E-state index in [1.54, 1.807) is 47.6 Å². The summed E-state index contributed by atoms with van der Waals surface area (Å²) in [6.45, 7) is 0.772. The van der Waals surface area contributed by atoms with Crippen LogP contribution in [0.3, 0.4) is 0 Å². The van der Waals surface area contributed by atoms with Crippen LogP contribution in [0.1, 0.15) is 23.1 Å². The summed E-state index contributed by atoms with van der Waals surface area (Å²) in [5.74, 6) is -0.168. The molecule has 0 N–H and O–H groups in total. The summed E-state index contributed by atoms with van der Waals surface area (Å²) >= 11 is 0. The monoisotopic (exact) mass is 316 g/mol. The van der Waals surface area contributed by atoms with Crippen LogP contribution in [-0.2, 0) is 11.3 Å². The van der Waals surface area contributed by atoms with Crippen LogP contribution in [0.2, 0.25) is 0 Å². The van der Waals surface area contributed by atoms with Gasteiger partial charge in [0.15, 0.2) is 0 Å². The summed E-state index contributed by atoms with van der Waals surface area (Å²) in [5, 5.41) is 17.6. The Morgan fingerprint density at radius 2 is 2.00 bits per heavy atom. The molecule has 0 fully saturated rings. The van der Waals surface area contributed by atoms with Gasteiger partial charge in [-0.25, -0.2) is 0 Å². The first-order valence-corrected chi connectivity index (χ1v) is 7.46. The minimum Gasteiger partial charge on any atom is -0.334 e. The first kappa shape index (κ1) is 16.9. The molecule has 1 heterocycles. The number of amides is 1. The van der Waals surface area contributed by atoms with Gasteiger partial charge in [-0.1, -0.05) is 18.2 Å². The molecule has 118 valence electrons. The van der Waals surface area contributed by atoms with Gasteiger partial charge in [-0.2, -0.15) is 10.5 Å². The molecule has 0 aliphatic heterocycles. The molecule has 2 rings (SSSR count). The fraction of sp³-hybridized carbons (Fsp3) is 0.158. The van der Waals surface area contributed by atoms with E-state index < -0.39 is 0 Å². The van der Waals surface area contributed by atoms with E-state index in [4.69, 9.17) is 10.5 Å². The molecule has 0 saturated heterocycles. The van der Waals surface area contributed by atoms with Crippen LogP contribution in [0.25, 0.3) is 6.08 Å². The third-order valence-corrected chi connectivity index (χ3v) is 3.36. The lowest BCUT2D eigenvalue weighted by molar-refractivity contribution is -0.126. The molecular formula is C19H16N4O. The fourth-order valence-electron chi connectivity index (χ4n) is 2.11. The lowest BCUT2D eigenvalue weighted by Crippen LogP contribution is -2.29. The number of nitrogens with zero attached hydrogens (tertiary/aromatic N) is 4. The van der Waals surface area contributed by atoms with Crippen molar-refractivity contribution in [1.82, 2.24) is 9.88 Å². The Morgan fingerprint density at radius 1 is 1.21 bits per heavy atom. The van der Waals surface area contributed by atoms with Crippen molar-refractivity contribution in [1.29, 1.82) is 10.5 Å². The highest BCUT2D eigenvalue weighted by Crippen LogP contribution is 2.08. The molecule has 0 radical (unpaired) electrons. The van der Waals surface area contributed by atoms with Gasteiger partial charge in [-0.3, -0.25) is 9.78 Å². The first-order valence-electron chi connectivity index (χ1n) is 7.46. The molecule has 5 heteroatoms. The Hall–Kier alpha value is -3.44. The van der Waals surface area contributed by atoms with Crippen LogP contribution >= 0.6 is 0 Å². The molecule has 0 saturated carbocycles. The summed E-state index contributed by atoms with van der Waals surface area (Å²) in [6, 6.07) is 14.8. The molecule has 0 aliphatic rings. The zero-order chi connectivity index (χ0) is 17.2. The summed E-state index contributed by atoms with van der Waals surface area (Å²) < 4.78 is 0. The Morgan fingerprint density at radius 3 is 2.62 bits per heavy atom. The highest BCUT2D eigenvalue weighted by molar-refractivity contribution is 5.91. The lowest BCUT2D eigenvalue weighted by Gasteiger charge is -2.19. The smallest absolute Gasteiger partial charge is 0.246 e. The van der Waals surface area contributed by atoms with E-state index in [1.165, 1.54) is 6.08 Å². The third-order valence-electron chi connectivity index (χ3n) is 3.36. The van der Waals surface area contributed by atoms with Crippen LogP contribution in [0.15, 0.2) is 54.9 Å². The largest absolute Gasteiger partial charge is 0.334 e. The molecule has 2 aromatic rings. The van der Waals surface area contributed by atoms with E-state index in [1.807, 2.05) is 12.1 Å². The van der Waals surface area contributed by atoms with Gasteiger partial charge in [0.1, 0.15) is 0 Å². The summed E-state index contributed by atoms with van der Waals surface area (Å²) in [7, 11) is 0. The van der Waals surface area contributed by atoms with Gasteiger partial charge >= 0.3 is 0 Å². The molecule has 0 aliphatic carbocycles. The topological polar surface area (TPSA) is 80.8 Å². The number of hydrogen-bond donors (Lipinski definition) is 0. The van der Waals surface area contributed by atoms with Crippen molar-refractivity contribution in [3.63, 3.8) is 0 Å². The number of rotatable bonds is 6. The minimum absolute atomic E-state index is 0.168. The summed E-state index contributed by atoms with van der Waals surface area (Å²) in [6.07, 6.45) is 6.84. The van der Waals surface area contributed by atoms with E-state index in [0.29, 0.717) is 18.7 Å². The number of aromatic nitrogens is 1. The van der Waals surface area contributed by atoms with E-state index >= 15 is 0 Å². The predicted molar refractivity (Wildman–Crippen MR) is 90.1 cm³/mol. The molecule has 5 nitrogen and oxygen atoms in total. The maximum absolute atomic E-state index is 12.4. The number of nitriles is 2. The van der Waals surface area contributed by atoms with Gasteiger partial charge < -0.3 is 4.90 Å². The maximum Gasteiger partial charge on any atom is 0.246 e. The molecule has 0 bridgehead atoms. The highest BCUT2D eigenvalue weighted by atomic mass is 16.2. The van der Waals surface area contributed by atoms with E-state index in [0.717, 1.165) is 11.1 Å². The Labute approximate surface area is 141 Å². The number of benzene rings is 1. The quantitative estimate of drug-likeness (QED) is 0.767. The Bertz CT molecular complexity index is 783. The van der Waals surface area contributed by atoms with Crippen molar-refractivity contribution in [2.75, 3.05) is 6.54 Å². The van der Waals surface area contributed by atoms with Crippen LogP contribution in [0.5, 0.6) is 0 Å².